The molecule has 0 aromatic heterocycles. The zero-order valence-corrected chi connectivity index (χ0v) is 12.0. The molecular formula is C15H21ClN2O. The number of rotatable bonds is 3. The van der Waals surface area contributed by atoms with Crippen LogP contribution in [-0.2, 0) is 0 Å². The fraction of sp³-hybridized carbons (Fsp3) is 0.533. The van der Waals surface area contributed by atoms with Crippen LogP contribution in [0.25, 0.3) is 0 Å². The van der Waals surface area contributed by atoms with Crippen molar-refractivity contribution < 1.29 is 4.79 Å². The average molecular weight is 281 g/mol. The molecule has 3 nitrogen and oxygen atoms in total. The van der Waals surface area contributed by atoms with Crippen LogP contribution >= 0.6 is 11.6 Å². The van der Waals surface area contributed by atoms with Crippen LogP contribution in [-0.4, -0.2) is 12.5 Å². The molecule has 3 N–H and O–H groups in total. The van der Waals surface area contributed by atoms with Crippen molar-refractivity contribution in [1.82, 2.24) is 5.32 Å². The number of benzene rings is 1. The summed E-state index contributed by atoms with van der Waals surface area (Å²) in [6, 6.07) is 4.98. The lowest BCUT2D eigenvalue weighted by Crippen LogP contribution is -2.31. The molecule has 0 heterocycles. The van der Waals surface area contributed by atoms with Crippen LogP contribution < -0.4 is 11.1 Å². The molecule has 1 aliphatic carbocycles. The van der Waals surface area contributed by atoms with Gasteiger partial charge in [-0.05, 0) is 42.9 Å². The Balaban J connectivity index is 1.87. The summed E-state index contributed by atoms with van der Waals surface area (Å²) in [7, 11) is 0. The van der Waals surface area contributed by atoms with E-state index in [-0.39, 0.29) is 5.91 Å². The van der Waals surface area contributed by atoms with Crippen molar-refractivity contribution in [1.29, 1.82) is 0 Å². The predicted molar refractivity (Wildman–Crippen MR) is 79.3 cm³/mol. The zero-order valence-electron chi connectivity index (χ0n) is 11.3. The number of nitrogen functional groups attached to an aromatic ring is 1. The first-order valence-electron chi connectivity index (χ1n) is 6.89. The third kappa shape index (κ3) is 3.87. The summed E-state index contributed by atoms with van der Waals surface area (Å²) in [6.45, 7) is 3.04. The monoisotopic (exact) mass is 280 g/mol. The maximum absolute atomic E-state index is 12.0. The first kappa shape index (κ1) is 14.2. The van der Waals surface area contributed by atoms with E-state index in [2.05, 4.69) is 12.2 Å². The van der Waals surface area contributed by atoms with E-state index in [1.165, 1.54) is 25.7 Å². The van der Waals surface area contributed by atoms with Crippen molar-refractivity contribution in [2.45, 2.75) is 32.6 Å². The van der Waals surface area contributed by atoms with Crippen LogP contribution in [0.5, 0.6) is 0 Å². The quantitative estimate of drug-likeness (QED) is 0.833. The second kappa shape index (κ2) is 6.29. The number of carbonyl (C=O) groups is 1. The Morgan fingerprint density at radius 1 is 1.37 bits per heavy atom. The van der Waals surface area contributed by atoms with Crippen LogP contribution in [0.4, 0.5) is 5.69 Å². The summed E-state index contributed by atoms with van der Waals surface area (Å²) in [5.41, 5.74) is 6.74. The van der Waals surface area contributed by atoms with Crippen molar-refractivity contribution >= 4 is 23.2 Å². The van der Waals surface area contributed by atoms with Gasteiger partial charge >= 0.3 is 0 Å². The van der Waals surface area contributed by atoms with Gasteiger partial charge in [0.05, 0.1) is 5.56 Å². The van der Waals surface area contributed by atoms with Crippen molar-refractivity contribution in [3.05, 3.63) is 28.8 Å². The maximum atomic E-state index is 12.0. The largest absolute Gasteiger partial charge is 0.398 e. The van der Waals surface area contributed by atoms with E-state index in [1.54, 1.807) is 18.2 Å². The summed E-state index contributed by atoms with van der Waals surface area (Å²) in [4.78, 5) is 12.0. The average Bonchev–Trinajstić information content (AvgIpc) is 2.37. The number of amides is 1. The number of carbonyl (C=O) groups excluding carboxylic acids is 1. The van der Waals surface area contributed by atoms with E-state index < -0.39 is 0 Å². The molecule has 0 aliphatic heterocycles. The fourth-order valence-corrected chi connectivity index (χ4v) is 2.79. The number of hydrogen-bond donors (Lipinski definition) is 2. The van der Waals surface area contributed by atoms with Crippen molar-refractivity contribution in [3.8, 4) is 0 Å². The predicted octanol–water partition coefficient (Wildman–Crippen LogP) is 3.48. The van der Waals surface area contributed by atoms with Gasteiger partial charge in [0, 0.05) is 17.3 Å². The Kier molecular flexibility index (Phi) is 4.70. The summed E-state index contributed by atoms with van der Waals surface area (Å²) in [6.07, 6.45) is 4.95. The SMILES string of the molecule is CC1CCC(CNC(=O)c2ccc(Cl)cc2N)CC1. The van der Waals surface area contributed by atoms with Crippen LogP contribution in [0.3, 0.4) is 0 Å². The molecule has 19 heavy (non-hydrogen) atoms. The Bertz CT molecular complexity index is 453. The van der Waals surface area contributed by atoms with Crippen LogP contribution in [0.2, 0.25) is 5.02 Å². The van der Waals surface area contributed by atoms with E-state index in [1.807, 2.05) is 0 Å². The normalized spacial score (nSPS) is 23.1. The number of hydrogen-bond acceptors (Lipinski definition) is 2. The minimum atomic E-state index is -0.104. The molecule has 0 spiro atoms. The summed E-state index contributed by atoms with van der Waals surface area (Å²) in [5, 5.41) is 3.53. The molecule has 0 bridgehead atoms. The molecule has 1 aromatic rings. The smallest absolute Gasteiger partial charge is 0.253 e. The first-order valence-corrected chi connectivity index (χ1v) is 7.27. The van der Waals surface area contributed by atoms with E-state index in [0.717, 1.165) is 12.5 Å². The fourth-order valence-electron chi connectivity index (χ4n) is 2.61. The molecule has 1 amide bonds. The maximum Gasteiger partial charge on any atom is 0.253 e. The summed E-state index contributed by atoms with van der Waals surface area (Å²) >= 11 is 5.82. The Morgan fingerprint density at radius 3 is 2.68 bits per heavy atom. The molecule has 1 aliphatic rings. The van der Waals surface area contributed by atoms with Gasteiger partial charge in [0.15, 0.2) is 0 Å². The third-order valence-electron chi connectivity index (χ3n) is 3.94. The summed E-state index contributed by atoms with van der Waals surface area (Å²) in [5.74, 6) is 1.33. The van der Waals surface area contributed by atoms with Gasteiger partial charge in [-0.15, -0.1) is 0 Å². The highest BCUT2D eigenvalue weighted by molar-refractivity contribution is 6.31. The minimum absolute atomic E-state index is 0.104. The Hall–Kier alpha value is -1.22. The molecule has 4 heteroatoms. The Morgan fingerprint density at radius 2 is 2.05 bits per heavy atom. The highest BCUT2D eigenvalue weighted by atomic mass is 35.5. The second-order valence-corrected chi connectivity index (χ2v) is 6.00. The molecule has 1 saturated carbocycles. The van der Waals surface area contributed by atoms with Gasteiger partial charge in [-0.25, -0.2) is 0 Å². The minimum Gasteiger partial charge on any atom is -0.398 e. The van der Waals surface area contributed by atoms with Crippen molar-refractivity contribution in [3.63, 3.8) is 0 Å². The lowest BCUT2D eigenvalue weighted by molar-refractivity contribution is 0.0943. The third-order valence-corrected chi connectivity index (χ3v) is 4.18. The number of halogens is 1. The van der Waals surface area contributed by atoms with E-state index >= 15 is 0 Å². The lowest BCUT2D eigenvalue weighted by atomic mass is 9.83. The topological polar surface area (TPSA) is 55.1 Å². The molecular weight excluding hydrogens is 260 g/mol. The molecule has 2 rings (SSSR count). The Labute approximate surface area is 119 Å². The van der Waals surface area contributed by atoms with E-state index in [0.29, 0.717) is 22.2 Å². The van der Waals surface area contributed by atoms with Gasteiger partial charge in [-0.2, -0.15) is 0 Å². The number of anilines is 1. The highest BCUT2D eigenvalue weighted by Crippen LogP contribution is 2.27. The first-order chi connectivity index (χ1) is 9.06. The zero-order chi connectivity index (χ0) is 13.8. The van der Waals surface area contributed by atoms with Crippen molar-refractivity contribution in [2.24, 2.45) is 11.8 Å². The highest BCUT2D eigenvalue weighted by Gasteiger charge is 2.19. The lowest BCUT2D eigenvalue weighted by Gasteiger charge is -2.26. The molecule has 1 aromatic carbocycles. The van der Waals surface area contributed by atoms with E-state index in [9.17, 15) is 4.79 Å². The van der Waals surface area contributed by atoms with Gasteiger partial charge in [0.1, 0.15) is 0 Å². The molecule has 0 saturated heterocycles. The van der Waals surface area contributed by atoms with Gasteiger partial charge in [-0.3, -0.25) is 4.79 Å². The van der Waals surface area contributed by atoms with Crippen LogP contribution in [0, 0.1) is 11.8 Å². The van der Waals surface area contributed by atoms with Gasteiger partial charge in [0.25, 0.3) is 5.91 Å². The molecule has 0 radical (unpaired) electrons. The molecule has 0 unspecified atom stereocenters. The number of nitrogens with two attached hydrogens (primary N) is 1. The molecule has 104 valence electrons. The number of nitrogens with one attached hydrogen (secondary N) is 1. The van der Waals surface area contributed by atoms with Crippen LogP contribution in [0.15, 0.2) is 18.2 Å². The summed E-state index contributed by atoms with van der Waals surface area (Å²) < 4.78 is 0. The van der Waals surface area contributed by atoms with Gasteiger partial charge < -0.3 is 11.1 Å². The van der Waals surface area contributed by atoms with Gasteiger partial charge in [-0.1, -0.05) is 31.4 Å². The molecule has 1 fully saturated rings. The van der Waals surface area contributed by atoms with E-state index in [4.69, 9.17) is 17.3 Å². The van der Waals surface area contributed by atoms with Crippen molar-refractivity contribution in [2.75, 3.05) is 12.3 Å². The van der Waals surface area contributed by atoms with Crippen LogP contribution in [0.1, 0.15) is 43.0 Å². The standard InChI is InChI=1S/C15H21ClN2O/c1-10-2-4-11(5-3-10)9-18-15(19)13-7-6-12(16)8-14(13)17/h6-8,10-11H,2-5,9,17H2,1H3,(H,18,19). The molecule has 0 atom stereocenters. The van der Waals surface area contributed by atoms with Gasteiger partial charge in [0.2, 0.25) is 0 Å². The second-order valence-electron chi connectivity index (χ2n) is 5.57.